The van der Waals surface area contributed by atoms with Gasteiger partial charge in [0.2, 0.25) is 0 Å². The van der Waals surface area contributed by atoms with Gasteiger partial charge in [-0.1, -0.05) is 20.8 Å². The van der Waals surface area contributed by atoms with Crippen LogP contribution >= 0.6 is 0 Å². The number of rotatable bonds is 3. The van der Waals surface area contributed by atoms with Crippen molar-refractivity contribution in [2.75, 3.05) is 6.61 Å². The van der Waals surface area contributed by atoms with Crippen LogP contribution < -0.4 is 0 Å². The molecule has 0 aliphatic heterocycles. The standard InChI is InChI=1S/C6H18O2Si2/c1-5-8-9-10(7)6(2,3)4/h7,10H,5,9H2,1-4H3. The van der Waals surface area contributed by atoms with Gasteiger partial charge in [0.1, 0.15) is 0 Å². The Morgan fingerprint density at radius 2 is 2.00 bits per heavy atom. The first-order valence-electron chi connectivity index (χ1n) is 3.74. The molecule has 0 spiro atoms. The van der Waals surface area contributed by atoms with Crippen molar-refractivity contribution in [3.8, 4) is 0 Å². The Bertz CT molecular complexity index is 90.2. The summed E-state index contributed by atoms with van der Waals surface area (Å²) in [6.45, 7) is 9.03. The lowest BCUT2D eigenvalue weighted by molar-refractivity contribution is 0.363. The minimum atomic E-state index is -1.49. The van der Waals surface area contributed by atoms with E-state index in [1.54, 1.807) is 0 Å². The smallest absolute Gasteiger partial charge is 0.189 e. The van der Waals surface area contributed by atoms with Gasteiger partial charge in [-0.25, -0.2) is 0 Å². The third kappa shape index (κ3) is 4.21. The molecule has 0 saturated carbocycles. The first-order chi connectivity index (χ1) is 4.48. The lowest BCUT2D eigenvalue weighted by atomic mass is 10.3. The number of hydrogen-bond donors (Lipinski definition) is 1. The molecule has 62 valence electrons. The fourth-order valence-corrected chi connectivity index (χ4v) is 4.32. The van der Waals surface area contributed by atoms with Gasteiger partial charge in [-0.2, -0.15) is 0 Å². The highest BCUT2D eigenvalue weighted by molar-refractivity contribution is 7.07. The number of hydrogen-bond acceptors (Lipinski definition) is 2. The summed E-state index contributed by atoms with van der Waals surface area (Å²) in [6, 6.07) is 0. The highest BCUT2D eigenvalue weighted by Gasteiger charge is 2.24. The van der Waals surface area contributed by atoms with E-state index in [2.05, 4.69) is 20.8 Å². The monoisotopic (exact) mass is 178 g/mol. The largest absolute Gasteiger partial charge is 0.435 e. The van der Waals surface area contributed by atoms with Crippen molar-refractivity contribution in [2.45, 2.75) is 32.7 Å². The molecule has 1 unspecified atom stereocenters. The second-order valence-electron chi connectivity index (χ2n) is 3.54. The van der Waals surface area contributed by atoms with Gasteiger partial charge in [0.15, 0.2) is 17.8 Å². The Kier molecular flexibility index (Phi) is 4.43. The van der Waals surface area contributed by atoms with Crippen LogP contribution in [-0.2, 0) is 4.43 Å². The summed E-state index contributed by atoms with van der Waals surface area (Å²) >= 11 is 0. The van der Waals surface area contributed by atoms with Crippen molar-refractivity contribution < 1.29 is 9.22 Å². The van der Waals surface area contributed by atoms with Gasteiger partial charge >= 0.3 is 0 Å². The molecular formula is C6H18O2Si2. The predicted octanol–water partition coefficient (Wildman–Crippen LogP) is 0.120. The molecule has 1 N–H and O–H groups in total. The molecule has 0 aliphatic rings. The van der Waals surface area contributed by atoms with Crippen LogP contribution in [-0.4, -0.2) is 29.2 Å². The Balaban J connectivity index is 3.52. The molecule has 0 aromatic rings. The molecular weight excluding hydrogens is 160 g/mol. The summed E-state index contributed by atoms with van der Waals surface area (Å²) in [4.78, 5) is 9.59. The summed E-state index contributed by atoms with van der Waals surface area (Å²) in [5.74, 6) is 0. The Hall–Kier alpha value is 0.354. The van der Waals surface area contributed by atoms with Gasteiger partial charge in [0, 0.05) is 6.61 Å². The summed E-state index contributed by atoms with van der Waals surface area (Å²) in [6.07, 6.45) is 0. The van der Waals surface area contributed by atoms with Gasteiger partial charge < -0.3 is 9.22 Å². The third-order valence-corrected chi connectivity index (χ3v) is 9.77. The van der Waals surface area contributed by atoms with E-state index in [4.69, 9.17) is 4.43 Å². The third-order valence-electron chi connectivity index (χ3n) is 1.48. The molecule has 0 fully saturated rings. The van der Waals surface area contributed by atoms with Crippen molar-refractivity contribution in [2.24, 2.45) is 0 Å². The minimum Gasteiger partial charge on any atom is -0.435 e. The maximum Gasteiger partial charge on any atom is 0.189 e. The summed E-state index contributed by atoms with van der Waals surface area (Å²) in [5.41, 5.74) is 0. The fourth-order valence-electron chi connectivity index (χ4n) is 0.479. The zero-order valence-corrected chi connectivity index (χ0v) is 9.92. The summed E-state index contributed by atoms with van der Waals surface area (Å²) in [7, 11) is -2.07. The molecule has 10 heavy (non-hydrogen) atoms. The molecule has 0 rings (SSSR count). The second-order valence-corrected chi connectivity index (χ2v) is 10.4. The van der Waals surface area contributed by atoms with Gasteiger partial charge in [-0.15, -0.1) is 0 Å². The zero-order valence-electron chi connectivity index (χ0n) is 7.35. The normalized spacial score (nSPS) is 16.5. The maximum absolute atomic E-state index is 9.59. The van der Waals surface area contributed by atoms with Crippen LogP contribution in [0, 0.1) is 0 Å². The second kappa shape index (κ2) is 4.28. The predicted molar refractivity (Wildman–Crippen MR) is 49.3 cm³/mol. The van der Waals surface area contributed by atoms with Crippen LogP contribution in [0.3, 0.4) is 0 Å². The molecule has 0 bridgehead atoms. The Morgan fingerprint density at radius 1 is 1.50 bits per heavy atom. The van der Waals surface area contributed by atoms with Crippen LogP contribution in [0.5, 0.6) is 0 Å². The van der Waals surface area contributed by atoms with Crippen LogP contribution in [0.1, 0.15) is 27.7 Å². The van der Waals surface area contributed by atoms with Crippen molar-refractivity contribution in [3.05, 3.63) is 0 Å². The van der Waals surface area contributed by atoms with E-state index >= 15 is 0 Å². The van der Waals surface area contributed by atoms with Crippen LogP contribution in [0.25, 0.3) is 0 Å². The van der Waals surface area contributed by atoms with E-state index in [1.165, 1.54) is 0 Å². The fraction of sp³-hybridized carbons (Fsp3) is 1.00. The van der Waals surface area contributed by atoms with E-state index in [0.717, 1.165) is 6.61 Å². The lowest BCUT2D eigenvalue weighted by Gasteiger charge is -2.22. The van der Waals surface area contributed by atoms with E-state index in [9.17, 15) is 4.80 Å². The van der Waals surface area contributed by atoms with Crippen LogP contribution in [0.15, 0.2) is 0 Å². The highest BCUT2D eigenvalue weighted by Crippen LogP contribution is 2.23. The van der Waals surface area contributed by atoms with Crippen LogP contribution in [0.4, 0.5) is 0 Å². The van der Waals surface area contributed by atoms with Gasteiger partial charge in [0.05, 0.1) is 0 Å². The Morgan fingerprint density at radius 3 is 2.30 bits per heavy atom. The quantitative estimate of drug-likeness (QED) is 0.622. The van der Waals surface area contributed by atoms with E-state index in [0.29, 0.717) is 0 Å². The first kappa shape index (κ1) is 10.4. The van der Waals surface area contributed by atoms with E-state index in [-0.39, 0.29) is 5.04 Å². The van der Waals surface area contributed by atoms with E-state index in [1.807, 2.05) is 6.92 Å². The molecule has 0 aromatic heterocycles. The molecule has 0 amide bonds. The minimum absolute atomic E-state index is 0.140. The molecule has 4 heteroatoms. The average Bonchev–Trinajstić information content (AvgIpc) is 1.80. The van der Waals surface area contributed by atoms with Crippen molar-refractivity contribution >= 4 is 17.8 Å². The maximum atomic E-state index is 9.59. The topological polar surface area (TPSA) is 29.5 Å². The molecule has 0 aliphatic carbocycles. The van der Waals surface area contributed by atoms with Crippen molar-refractivity contribution in [1.29, 1.82) is 0 Å². The summed E-state index contributed by atoms with van der Waals surface area (Å²) in [5, 5.41) is 0.140. The van der Waals surface area contributed by atoms with E-state index < -0.39 is 17.8 Å². The molecule has 0 saturated heterocycles. The van der Waals surface area contributed by atoms with Crippen LogP contribution in [0.2, 0.25) is 5.04 Å². The van der Waals surface area contributed by atoms with Gasteiger partial charge in [-0.05, 0) is 12.0 Å². The SMILES string of the molecule is CCO[SiH2][SiH](O)C(C)(C)C. The summed E-state index contributed by atoms with van der Waals surface area (Å²) < 4.78 is 5.27. The van der Waals surface area contributed by atoms with Crippen molar-refractivity contribution in [3.63, 3.8) is 0 Å². The average molecular weight is 178 g/mol. The molecule has 2 nitrogen and oxygen atoms in total. The lowest BCUT2D eigenvalue weighted by Crippen LogP contribution is -2.34. The highest BCUT2D eigenvalue weighted by atomic mass is 29.2. The molecule has 1 atom stereocenters. The zero-order chi connectivity index (χ0) is 8.20. The van der Waals surface area contributed by atoms with Gasteiger partial charge in [0.25, 0.3) is 0 Å². The van der Waals surface area contributed by atoms with Crippen molar-refractivity contribution in [1.82, 2.24) is 0 Å². The molecule has 0 radical (unpaired) electrons. The van der Waals surface area contributed by atoms with Gasteiger partial charge in [-0.3, -0.25) is 0 Å². The first-order valence-corrected chi connectivity index (χ1v) is 8.68. The molecule has 0 heterocycles. The Labute approximate surface area is 67.1 Å². The molecule has 0 aromatic carbocycles.